The highest BCUT2D eigenvalue weighted by atomic mass is 35.5. The average molecular weight is 415 g/mol. The van der Waals surface area contributed by atoms with Crippen LogP contribution >= 0.6 is 11.6 Å². The molecular formula is C18H20ClFN2O4S. The maximum Gasteiger partial charge on any atom is 0.243 e. The first-order valence-electron chi connectivity index (χ1n) is 8.12. The summed E-state index contributed by atoms with van der Waals surface area (Å²) in [5, 5.41) is 2.79. The van der Waals surface area contributed by atoms with Crippen LogP contribution in [0.25, 0.3) is 0 Å². The van der Waals surface area contributed by atoms with E-state index in [1.54, 1.807) is 19.1 Å². The molecule has 0 aliphatic carbocycles. The van der Waals surface area contributed by atoms with Crippen molar-refractivity contribution >= 4 is 27.5 Å². The highest BCUT2D eigenvalue weighted by Crippen LogP contribution is 2.28. The predicted octanol–water partition coefficient (Wildman–Crippen LogP) is 2.81. The third-order valence-corrected chi connectivity index (χ3v) is 6.05. The monoisotopic (exact) mass is 414 g/mol. The first kappa shape index (κ1) is 21.1. The van der Waals surface area contributed by atoms with E-state index in [0.29, 0.717) is 11.3 Å². The largest absolute Gasteiger partial charge is 0.495 e. The second-order valence-electron chi connectivity index (χ2n) is 5.63. The lowest BCUT2D eigenvalue weighted by atomic mass is 10.2. The van der Waals surface area contributed by atoms with E-state index < -0.39 is 15.9 Å². The van der Waals surface area contributed by atoms with Gasteiger partial charge in [-0.05, 0) is 35.9 Å². The van der Waals surface area contributed by atoms with Gasteiger partial charge in [-0.15, -0.1) is 0 Å². The third-order valence-electron chi connectivity index (χ3n) is 3.84. The molecule has 0 saturated heterocycles. The molecule has 0 aliphatic rings. The Kier molecular flexibility index (Phi) is 7.18. The number of amides is 1. The van der Waals surface area contributed by atoms with Crippen molar-refractivity contribution < 1.29 is 22.3 Å². The van der Waals surface area contributed by atoms with E-state index in [2.05, 4.69) is 5.32 Å². The van der Waals surface area contributed by atoms with E-state index in [1.165, 1.54) is 37.4 Å². The van der Waals surface area contributed by atoms with Gasteiger partial charge in [0.1, 0.15) is 11.6 Å². The summed E-state index contributed by atoms with van der Waals surface area (Å²) in [6.07, 6.45) is 0. The molecule has 2 rings (SSSR count). The summed E-state index contributed by atoms with van der Waals surface area (Å²) in [5.74, 6) is -0.480. The number of carbonyl (C=O) groups is 1. The van der Waals surface area contributed by atoms with Crippen LogP contribution in [-0.4, -0.2) is 38.8 Å². The van der Waals surface area contributed by atoms with Gasteiger partial charge in [-0.2, -0.15) is 4.31 Å². The molecule has 0 aromatic heterocycles. The molecule has 9 heteroatoms. The van der Waals surface area contributed by atoms with Crippen LogP contribution in [0.4, 0.5) is 4.39 Å². The normalized spacial score (nSPS) is 11.4. The number of halogens is 2. The topological polar surface area (TPSA) is 75.7 Å². The van der Waals surface area contributed by atoms with Crippen LogP contribution in [0.5, 0.6) is 5.75 Å². The van der Waals surface area contributed by atoms with Crippen LogP contribution in [0.2, 0.25) is 5.02 Å². The summed E-state index contributed by atoms with van der Waals surface area (Å²) < 4.78 is 44.5. The van der Waals surface area contributed by atoms with Crippen LogP contribution in [0.3, 0.4) is 0 Å². The summed E-state index contributed by atoms with van der Waals surface area (Å²) >= 11 is 6.00. The Bertz CT molecular complexity index is 904. The zero-order chi connectivity index (χ0) is 20.0. The number of sulfonamides is 1. The number of rotatable bonds is 8. The number of hydrogen-bond acceptors (Lipinski definition) is 4. The van der Waals surface area contributed by atoms with E-state index in [0.717, 1.165) is 4.31 Å². The first-order valence-corrected chi connectivity index (χ1v) is 9.94. The lowest BCUT2D eigenvalue weighted by molar-refractivity contribution is -0.121. The van der Waals surface area contributed by atoms with Crippen molar-refractivity contribution in [3.63, 3.8) is 0 Å². The molecule has 1 amide bonds. The smallest absolute Gasteiger partial charge is 0.243 e. The molecule has 0 radical (unpaired) electrons. The molecule has 0 atom stereocenters. The molecule has 0 fully saturated rings. The molecule has 0 saturated carbocycles. The van der Waals surface area contributed by atoms with Gasteiger partial charge in [-0.1, -0.05) is 30.7 Å². The van der Waals surface area contributed by atoms with E-state index in [1.807, 2.05) is 0 Å². The van der Waals surface area contributed by atoms with Gasteiger partial charge in [0.15, 0.2) is 0 Å². The standard InChI is InChI=1S/C18H20ClFN2O4S/c1-3-22(12-18(23)21-11-13-4-6-14(20)7-5-13)27(24,25)15-8-9-17(26-2)16(19)10-15/h4-10H,3,11-12H2,1-2H3,(H,21,23). The van der Waals surface area contributed by atoms with E-state index >= 15 is 0 Å². The summed E-state index contributed by atoms with van der Waals surface area (Å²) in [6.45, 7) is 1.57. The fourth-order valence-electron chi connectivity index (χ4n) is 2.34. The van der Waals surface area contributed by atoms with E-state index in [-0.39, 0.29) is 35.4 Å². The molecule has 0 unspecified atom stereocenters. The second-order valence-corrected chi connectivity index (χ2v) is 7.98. The highest BCUT2D eigenvalue weighted by molar-refractivity contribution is 7.89. The van der Waals surface area contributed by atoms with Gasteiger partial charge in [0.05, 0.1) is 23.6 Å². The van der Waals surface area contributed by atoms with Crippen molar-refractivity contribution in [3.8, 4) is 5.75 Å². The van der Waals surface area contributed by atoms with Gasteiger partial charge in [-0.3, -0.25) is 4.79 Å². The molecule has 0 spiro atoms. The fourth-order valence-corrected chi connectivity index (χ4v) is 4.10. The Morgan fingerprint density at radius 3 is 2.44 bits per heavy atom. The van der Waals surface area contributed by atoms with Gasteiger partial charge < -0.3 is 10.1 Å². The Morgan fingerprint density at radius 2 is 1.89 bits per heavy atom. The third kappa shape index (κ3) is 5.41. The SMILES string of the molecule is CCN(CC(=O)NCc1ccc(F)cc1)S(=O)(=O)c1ccc(OC)c(Cl)c1. The van der Waals surface area contributed by atoms with Gasteiger partial charge >= 0.3 is 0 Å². The van der Waals surface area contributed by atoms with Crippen molar-refractivity contribution in [2.75, 3.05) is 20.2 Å². The molecule has 0 bridgehead atoms. The van der Waals surface area contributed by atoms with Crippen molar-refractivity contribution in [1.82, 2.24) is 9.62 Å². The van der Waals surface area contributed by atoms with Gasteiger partial charge in [0, 0.05) is 13.1 Å². The average Bonchev–Trinajstić information content (AvgIpc) is 2.65. The van der Waals surface area contributed by atoms with Crippen LogP contribution in [0.1, 0.15) is 12.5 Å². The van der Waals surface area contributed by atoms with Crippen molar-refractivity contribution in [3.05, 3.63) is 58.9 Å². The van der Waals surface area contributed by atoms with Gasteiger partial charge in [-0.25, -0.2) is 12.8 Å². The zero-order valence-electron chi connectivity index (χ0n) is 14.9. The maximum atomic E-state index is 12.9. The number of methoxy groups -OCH3 is 1. The Balaban J connectivity index is 2.07. The minimum absolute atomic E-state index is 0.0264. The Morgan fingerprint density at radius 1 is 1.22 bits per heavy atom. The number of likely N-dealkylation sites (N-methyl/N-ethyl adjacent to an activating group) is 1. The molecule has 2 aromatic rings. The molecule has 0 heterocycles. The first-order chi connectivity index (χ1) is 12.8. The highest BCUT2D eigenvalue weighted by Gasteiger charge is 2.26. The Labute approximate surface area is 162 Å². The molecular weight excluding hydrogens is 395 g/mol. The fraction of sp³-hybridized carbons (Fsp3) is 0.278. The van der Waals surface area contributed by atoms with E-state index in [4.69, 9.17) is 16.3 Å². The number of nitrogens with zero attached hydrogens (tertiary/aromatic N) is 1. The van der Waals surface area contributed by atoms with Crippen LogP contribution in [0.15, 0.2) is 47.4 Å². The minimum Gasteiger partial charge on any atom is -0.495 e. The summed E-state index contributed by atoms with van der Waals surface area (Å²) in [6, 6.07) is 9.79. The number of carbonyl (C=O) groups excluding carboxylic acids is 1. The zero-order valence-corrected chi connectivity index (χ0v) is 16.5. The maximum absolute atomic E-state index is 12.9. The summed E-state index contributed by atoms with van der Waals surface area (Å²) in [4.78, 5) is 12.1. The lowest BCUT2D eigenvalue weighted by Crippen LogP contribution is -2.40. The van der Waals surface area contributed by atoms with Crippen LogP contribution in [0, 0.1) is 5.82 Å². The number of ether oxygens (including phenoxy) is 1. The van der Waals surface area contributed by atoms with Gasteiger partial charge in [0.25, 0.3) is 0 Å². The lowest BCUT2D eigenvalue weighted by Gasteiger charge is -2.20. The summed E-state index contributed by atoms with van der Waals surface area (Å²) in [5.41, 5.74) is 0.706. The van der Waals surface area contributed by atoms with Crippen molar-refractivity contribution in [1.29, 1.82) is 0 Å². The summed E-state index contributed by atoms with van der Waals surface area (Å²) in [7, 11) is -2.47. The van der Waals surface area contributed by atoms with Crippen LogP contribution < -0.4 is 10.1 Å². The minimum atomic E-state index is -3.90. The molecule has 146 valence electrons. The number of nitrogens with one attached hydrogen (secondary N) is 1. The molecule has 27 heavy (non-hydrogen) atoms. The molecule has 1 N–H and O–H groups in total. The molecule has 0 aliphatic heterocycles. The second kappa shape index (κ2) is 9.16. The predicted molar refractivity (Wildman–Crippen MR) is 101 cm³/mol. The molecule has 2 aromatic carbocycles. The number of benzene rings is 2. The van der Waals surface area contributed by atoms with Crippen molar-refractivity contribution in [2.45, 2.75) is 18.4 Å². The Hall–Kier alpha value is -2.16. The van der Waals surface area contributed by atoms with Crippen molar-refractivity contribution in [2.24, 2.45) is 0 Å². The quantitative estimate of drug-likeness (QED) is 0.720. The van der Waals surface area contributed by atoms with Gasteiger partial charge in [0.2, 0.25) is 15.9 Å². The van der Waals surface area contributed by atoms with Crippen LogP contribution in [-0.2, 0) is 21.4 Å². The van der Waals surface area contributed by atoms with E-state index in [9.17, 15) is 17.6 Å². The number of hydrogen-bond donors (Lipinski definition) is 1. The molecule has 6 nitrogen and oxygen atoms in total.